The maximum atomic E-state index is 12.1. The smallest absolute Gasteiger partial charge is 0.135 e. The van der Waals surface area contributed by atoms with E-state index in [4.69, 9.17) is 4.79 Å². The number of ketones is 1. The van der Waals surface area contributed by atoms with Crippen molar-refractivity contribution in [3.05, 3.63) is 35.6 Å². The van der Waals surface area contributed by atoms with E-state index in [9.17, 15) is 9.18 Å². The Labute approximate surface area is 108 Å². The predicted octanol–water partition coefficient (Wildman–Crippen LogP) is 3.71. The molecule has 0 spiro atoms. The zero-order chi connectivity index (χ0) is 14.2. The van der Waals surface area contributed by atoms with E-state index in [1.54, 1.807) is 19.1 Å². The molecule has 2 rings (SSSR count). The van der Waals surface area contributed by atoms with Gasteiger partial charge in [0.2, 0.25) is 0 Å². The molecule has 0 heterocycles. The molecule has 0 unspecified atom stereocenters. The highest BCUT2D eigenvalue weighted by Crippen LogP contribution is 2.45. The Morgan fingerprint density at radius 1 is 1.28 bits per heavy atom. The van der Waals surface area contributed by atoms with Crippen LogP contribution in [0.5, 0.6) is 0 Å². The molecule has 100 valence electrons. The van der Waals surface area contributed by atoms with E-state index in [1.807, 2.05) is 13.8 Å². The van der Waals surface area contributed by atoms with Gasteiger partial charge in [-0.05, 0) is 45.7 Å². The fraction of sp³-hybridized carbons (Fsp3) is 0.467. The monoisotopic (exact) mass is 252 g/mol. The van der Waals surface area contributed by atoms with Gasteiger partial charge in [0.05, 0.1) is 0 Å². The largest absolute Gasteiger partial charge is 0.304 e. The molecule has 0 radical (unpaired) electrons. The minimum absolute atomic E-state index is 0.111. The summed E-state index contributed by atoms with van der Waals surface area (Å²) < 4.78 is 12.1. The summed E-state index contributed by atoms with van der Waals surface area (Å²) in [6.45, 7) is 7.07. The molecular formula is C15H21FO2. The molecule has 0 N–H and O–H groups in total. The molecule has 1 saturated carbocycles. The summed E-state index contributed by atoms with van der Waals surface area (Å²) in [6, 6.07) is 6.40. The highest BCUT2D eigenvalue weighted by Gasteiger charge is 2.41. The second kappa shape index (κ2) is 7.75. The average Bonchev–Trinajstić information content (AvgIpc) is 3.04. The molecule has 0 atom stereocenters. The predicted molar refractivity (Wildman–Crippen MR) is 70.9 cm³/mol. The first kappa shape index (κ1) is 16.5. The van der Waals surface area contributed by atoms with Gasteiger partial charge in [-0.15, -0.1) is 0 Å². The number of hydrogen-bond donors (Lipinski definition) is 0. The van der Waals surface area contributed by atoms with Crippen LogP contribution in [0.1, 0.15) is 39.2 Å². The Morgan fingerprint density at radius 2 is 1.67 bits per heavy atom. The SMILES string of the molecule is CC(=O)C1(C)CC1.CC=O.Cc1ccc(F)cc1. The Balaban J connectivity index is 0.000000267. The van der Waals surface area contributed by atoms with Crippen molar-refractivity contribution in [3.63, 3.8) is 0 Å². The number of aryl methyl sites for hydroxylation is 1. The summed E-state index contributed by atoms with van der Waals surface area (Å²) in [7, 11) is 0. The first-order valence-corrected chi connectivity index (χ1v) is 5.98. The molecule has 3 heteroatoms. The number of aldehydes is 1. The lowest BCUT2D eigenvalue weighted by Crippen LogP contribution is -2.04. The zero-order valence-electron chi connectivity index (χ0n) is 11.5. The van der Waals surface area contributed by atoms with Crippen molar-refractivity contribution in [2.45, 2.75) is 40.5 Å². The van der Waals surface area contributed by atoms with Crippen molar-refractivity contribution in [2.75, 3.05) is 0 Å². The standard InChI is InChI=1S/C7H7F.C6H10O.C2H4O/c1-6-2-4-7(8)5-3-6;1-5(7)6(2)3-4-6;1-2-3/h2-5H,1H3;3-4H2,1-2H3;2H,1H3. The molecule has 0 aromatic heterocycles. The normalized spacial score (nSPS) is 14.3. The lowest BCUT2D eigenvalue weighted by atomic mass is 10.1. The molecule has 1 fully saturated rings. The topological polar surface area (TPSA) is 34.1 Å². The first-order valence-electron chi connectivity index (χ1n) is 5.98. The summed E-state index contributed by atoms with van der Waals surface area (Å²) in [5, 5.41) is 0. The second-order valence-corrected chi connectivity index (χ2v) is 4.65. The maximum Gasteiger partial charge on any atom is 0.135 e. The molecule has 0 aliphatic heterocycles. The van der Waals surface area contributed by atoms with E-state index in [0.717, 1.165) is 24.7 Å². The van der Waals surface area contributed by atoms with E-state index >= 15 is 0 Å². The van der Waals surface area contributed by atoms with Crippen LogP contribution in [-0.4, -0.2) is 12.1 Å². The number of rotatable bonds is 1. The molecule has 1 aliphatic carbocycles. The highest BCUT2D eigenvalue weighted by atomic mass is 19.1. The third kappa shape index (κ3) is 6.94. The van der Waals surface area contributed by atoms with Crippen molar-refractivity contribution in [1.29, 1.82) is 0 Å². The Kier molecular flexibility index (Phi) is 7.10. The van der Waals surface area contributed by atoms with Gasteiger partial charge in [-0.25, -0.2) is 4.39 Å². The first-order chi connectivity index (χ1) is 8.35. The second-order valence-electron chi connectivity index (χ2n) is 4.65. The van der Waals surface area contributed by atoms with Gasteiger partial charge in [0.1, 0.15) is 17.9 Å². The Hall–Kier alpha value is -1.51. The Bertz CT molecular complexity index is 357. The van der Waals surface area contributed by atoms with Crippen LogP contribution in [0.25, 0.3) is 0 Å². The van der Waals surface area contributed by atoms with Crippen molar-refractivity contribution in [2.24, 2.45) is 5.41 Å². The van der Waals surface area contributed by atoms with Gasteiger partial charge in [-0.1, -0.05) is 24.6 Å². The third-order valence-electron chi connectivity index (χ3n) is 2.86. The molecule has 0 amide bonds. The van der Waals surface area contributed by atoms with Crippen LogP contribution in [0.15, 0.2) is 24.3 Å². The van der Waals surface area contributed by atoms with Gasteiger partial charge in [-0.2, -0.15) is 0 Å². The number of halogens is 1. The summed E-state index contributed by atoms with van der Waals surface area (Å²) >= 11 is 0. The van der Waals surface area contributed by atoms with Crippen molar-refractivity contribution in [1.82, 2.24) is 0 Å². The number of carbonyl (C=O) groups is 2. The number of Topliss-reactive ketones (excluding diaryl/α,β-unsaturated/α-hetero) is 1. The molecule has 18 heavy (non-hydrogen) atoms. The van der Waals surface area contributed by atoms with Gasteiger partial charge in [0, 0.05) is 5.41 Å². The van der Waals surface area contributed by atoms with E-state index in [2.05, 4.69) is 0 Å². The highest BCUT2D eigenvalue weighted by molar-refractivity contribution is 5.84. The molecule has 0 bridgehead atoms. The summed E-state index contributed by atoms with van der Waals surface area (Å²) in [5.41, 5.74) is 1.20. The minimum atomic E-state index is -0.171. The molecule has 1 aliphatic rings. The lowest BCUT2D eigenvalue weighted by molar-refractivity contribution is -0.121. The summed E-state index contributed by atoms with van der Waals surface area (Å²) in [5.74, 6) is 0.183. The van der Waals surface area contributed by atoms with Crippen molar-refractivity contribution >= 4 is 12.1 Å². The number of hydrogen-bond acceptors (Lipinski definition) is 2. The fourth-order valence-corrected chi connectivity index (χ4v) is 1.07. The van der Waals surface area contributed by atoms with Crippen LogP contribution in [0.4, 0.5) is 4.39 Å². The zero-order valence-corrected chi connectivity index (χ0v) is 11.5. The van der Waals surface area contributed by atoms with Gasteiger partial charge in [-0.3, -0.25) is 4.79 Å². The quantitative estimate of drug-likeness (QED) is 0.714. The van der Waals surface area contributed by atoms with Gasteiger partial charge >= 0.3 is 0 Å². The van der Waals surface area contributed by atoms with Gasteiger partial charge < -0.3 is 4.79 Å². The van der Waals surface area contributed by atoms with Gasteiger partial charge in [0.25, 0.3) is 0 Å². The number of carbonyl (C=O) groups excluding carboxylic acids is 2. The van der Waals surface area contributed by atoms with Crippen LogP contribution in [0.3, 0.4) is 0 Å². The molecule has 0 saturated heterocycles. The summed E-state index contributed by atoms with van der Waals surface area (Å²) in [4.78, 5) is 19.3. The third-order valence-corrected chi connectivity index (χ3v) is 2.86. The molecule has 1 aromatic rings. The summed E-state index contributed by atoms with van der Waals surface area (Å²) in [6.07, 6.45) is 2.98. The van der Waals surface area contributed by atoms with E-state index in [1.165, 1.54) is 19.1 Å². The van der Waals surface area contributed by atoms with Crippen LogP contribution in [-0.2, 0) is 9.59 Å². The fourth-order valence-electron chi connectivity index (χ4n) is 1.07. The van der Waals surface area contributed by atoms with Crippen LogP contribution < -0.4 is 0 Å². The van der Waals surface area contributed by atoms with E-state index < -0.39 is 0 Å². The molecule has 2 nitrogen and oxygen atoms in total. The van der Waals surface area contributed by atoms with Gasteiger partial charge in [0.15, 0.2) is 0 Å². The van der Waals surface area contributed by atoms with Crippen LogP contribution >= 0.6 is 0 Å². The molecular weight excluding hydrogens is 231 g/mol. The molecule has 1 aromatic carbocycles. The van der Waals surface area contributed by atoms with Crippen molar-refractivity contribution in [3.8, 4) is 0 Å². The minimum Gasteiger partial charge on any atom is -0.304 e. The van der Waals surface area contributed by atoms with Crippen molar-refractivity contribution < 1.29 is 14.0 Å². The Morgan fingerprint density at radius 3 is 1.83 bits per heavy atom. The average molecular weight is 252 g/mol. The van der Waals surface area contributed by atoms with E-state index in [0.29, 0.717) is 5.78 Å². The maximum absolute atomic E-state index is 12.1. The van der Waals surface area contributed by atoms with E-state index in [-0.39, 0.29) is 11.2 Å². The van der Waals surface area contributed by atoms with Crippen LogP contribution in [0, 0.1) is 18.2 Å². The number of benzene rings is 1. The lowest BCUT2D eigenvalue weighted by Gasteiger charge is -1.96. The van der Waals surface area contributed by atoms with Crippen LogP contribution in [0.2, 0.25) is 0 Å².